The van der Waals surface area contributed by atoms with Crippen molar-refractivity contribution in [1.29, 1.82) is 0 Å². The van der Waals surface area contributed by atoms with Gasteiger partial charge < -0.3 is 14.6 Å². The van der Waals surface area contributed by atoms with E-state index in [1.807, 2.05) is 12.1 Å². The van der Waals surface area contributed by atoms with Crippen LogP contribution >= 0.6 is 15.9 Å². The van der Waals surface area contributed by atoms with Gasteiger partial charge in [-0.15, -0.1) is 0 Å². The third-order valence-corrected chi connectivity index (χ3v) is 3.80. The van der Waals surface area contributed by atoms with Crippen molar-refractivity contribution in [3.8, 4) is 5.75 Å². The van der Waals surface area contributed by atoms with E-state index in [-0.39, 0.29) is 11.6 Å². The fourth-order valence-electron chi connectivity index (χ4n) is 2.14. The summed E-state index contributed by atoms with van der Waals surface area (Å²) in [6.45, 7) is -0.474. The molecule has 0 unspecified atom stereocenters. The molecule has 0 radical (unpaired) electrons. The zero-order chi connectivity index (χ0) is 17.8. The van der Waals surface area contributed by atoms with Crippen molar-refractivity contribution in [3.63, 3.8) is 0 Å². The maximum atomic E-state index is 12.1. The number of para-hydroxylation sites is 1. The molecule has 0 bridgehead atoms. The summed E-state index contributed by atoms with van der Waals surface area (Å²) in [6, 6.07) is 14.0. The van der Waals surface area contributed by atoms with E-state index in [0.717, 1.165) is 4.47 Å². The van der Waals surface area contributed by atoms with Crippen LogP contribution < -0.4 is 4.74 Å². The van der Waals surface area contributed by atoms with E-state index >= 15 is 0 Å². The minimum atomic E-state index is -1.08. The zero-order valence-corrected chi connectivity index (χ0v) is 14.4. The number of halogens is 1. The van der Waals surface area contributed by atoms with Gasteiger partial charge in [-0.05, 0) is 36.4 Å². The first kappa shape index (κ1) is 16.9. The molecule has 0 aromatic heterocycles. The lowest BCUT2D eigenvalue weighted by atomic mass is 10.1. The van der Waals surface area contributed by atoms with Gasteiger partial charge in [-0.2, -0.15) is 0 Å². The number of nitrogens with zero attached hydrogens (tertiary/aromatic N) is 1. The zero-order valence-electron chi connectivity index (χ0n) is 12.8. The molecule has 126 valence electrons. The number of carboxylic acids is 1. The smallest absolute Gasteiger partial charge is 0.363 e. The summed E-state index contributed by atoms with van der Waals surface area (Å²) in [5.41, 5.74) is 1.33. The standard InChI is InChI=1S/C18H12BrNO5/c19-13-7-5-11(6-8-13)17-20-14(18(23)25-17)9-12-3-1-2-4-15(12)24-10-16(21)22/h1-9H,10H2,(H,21,22)/b14-9-. The molecule has 0 spiro atoms. The number of rotatable bonds is 5. The summed E-state index contributed by atoms with van der Waals surface area (Å²) < 4.78 is 11.3. The molecule has 1 heterocycles. The monoisotopic (exact) mass is 401 g/mol. The van der Waals surface area contributed by atoms with Crippen molar-refractivity contribution in [2.75, 3.05) is 6.61 Å². The second-order valence-corrected chi connectivity index (χ2v) is 5.98. The Balaban J connectivity index is 1.89. The van der Waals surface area contributed by atoms with Gasteiger partial charge in [0, 0.05) is 15.6 Å². The number of benzene rings is 2. The van der Waals surface area contributed by atoms with Crippen LogP contribution in [0.1, 0.15) is 11.1 Å². The Morgan fingerprint density at radius 1 is 1.20 bits per heavy atom. The number of esters is 1. The molecule has 1 N–H and O–H groups in total. The van der Waals surface area contributed by atoms with Gasteiger partial charge in [0.25, 0.3) is 0 Å². The predicted molar refractivity (Wildman–Crippen MR) is 94.3 cm³/mol. The van der Waals surface area contributed by atoms with Crippen molar-refractivity contribution >= 4 is 39.8 Å². The van der Waals surface area contributed by atoms with Crippen LogP contribution in [0.5, 0.6) is 5.75 Å². The molecule has 0 aliphatic carbocycles. The summed E-state index contributed by atoms with van der Waals surface area (Å²) >= 11 is 3.34. The lowest BCUT2D eigenvalue weighted by Crippen LogP contribution is -2.10. The Kier molecular flexibility index (Phi) is 4.95. The molecule has 0 amide bonds. The van der Waals surface area contributed by atoms with Crippen LogP contribution in [0.2, 0.25) is 0 Å². The quantitative estimate of drug-likeness (QED) is 0.613. The largest absolute Gasteiger partial charge is 0.481 e. The number of aliphatic imine (C=N–C) groups is 1. The normalized spacial score (nSPS) is 15.0. The Morgan fingerprint density at radius 3 is 2.64 bits per heavy atom. The van der Waals surface area contributed by atoms with Gasteiger partial charge in [-0.25, -0.2) is 14.6 Å². The van der Waals surface area contributed by atoms with Crippen LogP contribution in [0, 0.1) is 0 Å². The molecule has 0 saturated carbocycles. The Morgan fingerprint density at radius 2 is 1.92 bits per heavy atom. The van der Waals surface area contributed by atoms with E-state index in [2.05, 4.69) is 20.9 Å². The number of carbonyl (C=O) groups excluding carboxylic acids is 1. The Labute approximate surface area is 151 Å². The van der Waals surface area contributed by atoms with E-state index in [4.69, 9.17) is 14.6 Å². The van der Waals surface area contributed by atoms with Crippen molar-refractivity contribution in [2.24, 2.45) is 4.99 Å². The summed E-state index contributed by atoms with van der Waals surface area (Å²) in [5.74, 6) is -1.10. The van der Waals surface area contributed by atoms with Gasteiger partial charge >= 0.3 is 11.9 Å². The molecule has 0 fully saturated rings. The number of carboxylic acid groups (broad SMARTS) is 1. The van der Waals surface area contributed by atoms with E-state index in [1.54, 1.807) is 36.4 Å². The lowest BCUT2D eigenvalue weighted by molar-refractivity contribution is -0.139. The van der Waals surface area contributed by atoms with Gasteiger partial charge in [-0.3, -0.25) is 0 Å². The van der Waals surface area contributed by atoms with Gasteiger partial charge in [-0.1, -0.05) is 34.1 Å². The second kappa shape index (κ2) is 7.31. The average Bonchev–Trinajstić information content (AvgIpc) is 2.95. The highest BCUT2D eigenvalue weighted by Crippen LogP contribution is 2.25. The topological polar surface area (TPSA) is 85.2 Å². The molecule has 0 atom stereocenters. The van der Waals surface area contributed by atoms with Crippen LogP contribution in [-0.4, -0.2) is 29.5 Å². The Hall–Kier alpha value is -2.93. The SMILES string of the molecule is O=C(O)COc1ccccc1/C=C1\N=C(c2ccc(Br)cc2)OC1=O. The first-order chi connectivity index (χ1) is 12.0. The van der Waals surface area contributed by atoms with Gasteiger partial charge in [0.2, 0.25) is 5.90 Å². The van der Waals surface area contributed by atoms with Crippen molar-refractivity contribution in [2.45, 2.75) is 0 Å². The summed E-state index contributed by atoms with van der Waals surface area (Å²) in [7, 11) is 0. The molecule has 6 nitrogen and oxygen atoms in total. The molecule has 7 heteroatoms. The highest BCUT2D eigenvalue weighted by Gasteiger charge is 2.24. The van der Waals surface area contributed by atoms with Gasteiger partial charge in [0.15, 0.2) is 12.3 Å². The van der Waals surface area contributed by atoms with Crippen LogP contribution in [-0.2, 0) is 14.3 Å². The molecular weight excluding hydrogens is 390 g/mol. The summed E-state index contributed by atoms with van der Waals surface area (Å²) in [4.78, 5) is 26.9. The number of hydrogen-bond donors (Lipinski definition) is 1. The average molecular weight is 402 g/mol. The molecule has 2 aromatic rings. The van der Waals surface area contributed by atoms with Gasteiger partial charge in [0.05, 0.1) is 0 Å². The number of aliphatic carboxylic acids is 1. The van der Waals surface area contributed by atoms with Gasteiger partial charge in [0.1, 0.15) is 5.75 Å². The highest BCUT2D eigenvalue weighted by molar-refractivity contribution is 9.10. The van der Waals surface area contributed by atoms with E-state index in [9.17, 15) is 9.59 Å². The predicted octanol–water partition coefficient (Wildman–Crippen LogP) is 3.26. The number of cyclic esters (lactones) is 1. The summed E-state index contributed by atoms with van der Waals surface area (Å²) in [5, 5.41) is 8.73. The van der Waals surface area contributed by atoms with E-state index in [1.165, 1.54) is 6.08 Å². The highest BCUT2D eigenvalue weighted by atomic mass is 79.9. The van der Waals surface area contributed by atoms with Crippen molar-refractivity contribution < 1.29 is 24.2 Å². The number of carbonyl (C=O) groups is 2. The maximum Gasteiger partial charge on any atom is 0.363 e. The Bertz CT molecular complexity index is 887. The van der Waals surface area contributed by atoms with Crippen molar-refractivity contribution in [1.82, 2.24) is 0 Å². The third-order valence-electron chi connectivity index (χ3n) is 3.27. The van der Waals surface area contributed by atoms with Crippen LogP contribution in [0.3, 0.4) is 0 Å². The first-order valence-electron chi connectivity index (χ1n) is 7.25. The van der Waals surface area contributed by atoms with E-state index in [0.29, 0.717) is 16.9 Å². The molecule has 0 saturated heterocycles. The van der Waals surface area contributed by atoms with Crippen molar-refractivity contribution in [3.05, 3.63) is 69.8 Å². The molecule has 1 aliphatic rings. The maximum absolute atomic E-state index is 12.1. The molecule has 1 aliphatic heterocycles. The lowest BCUT2D eigenvalue weighted by Gasteiger charge is -2.06. The molecular formula is C18H12BrNO5. The van der Waals surface area contributed by atoms with Crippen LogP contribution in [0.15, 0.2) is 63.7 Å². The minimum Gasteiger partial charge on any atom is -0.481 e. The van der Waals surface area contributed by atoms with Crippen LogP contribution in [0.4, 0.5) is 0 Å². The fourth-order valence-corrected chi connectivity index (χ4v) is 2.41. The minimum absolute atomic E-state index is 0.115. The summed E-state index contributed by atoms with van der Waals surface area (Å²) in [6.07, 6.45) is 1.51. The first-order valence-corrected chi connectivity index (χ1v) is 8.04. The third kappa shape index (κ3) is 4.13. The molecule has 25 heavy (non-hydrogen) atoms. The molecule has 2 aromatic carbocycles. The number of hydrogen-bond acceptors (Lipinski definition) is 5. The number of ether oxygens (including phenoxy) is 2. The second-order valence-electron chi connectivity index (χ2n) is 5.06. The van der Waals surface area contributed by atoms with E-state index < -0.39 is 18.5 Å². The fraction of sp³-hybridized carbons (Fsp3) is 0.0556. The molecule has 3 rings (SSSR count). The van der Waals surface area contributed by atoms with Crippen LogP contribution in [0.25, 0.3) is 6.08 Å².